The van der Waals surface area contributed by atoms with E-state index < -0.39 is 40.2 Å². The molecular formula is C45H39N3O8. The molecule has 11 heteroatoms. The molecule has 10 N–H and O–H groups in total. The van der Waals surface area contributed by atoms with E-state index in [-0.39, 0.29) is 33.7 Å². The van der Waals surface area contributed by atoms with Crippen LogP contribution in [0.15, 0.2) is 84.1 Å². The molecule has 0 bridgehead atoms. The summed E-state index contributed by atoms with van der Waals surface area (Å²) in [5.74, 6) is -6.14. The van der Waals surface area contributed by atoms with Gasteiger partial charge in [-0.05, 0) is 90.9 Å². The highest BCUT2D eigenvalue weighted by Gasteiger charge is 2.32. The molecule has 282 valence electrons. The molecule has 0 spiro atoms. The first-order valence-corrected chi connectivity index (χ1v) is 18.3. The molecule has 2 aliphatic heterocycles. The summed E-state index contributed by atoms with van der Waals surface area (Å²) in [5, 5.41) is 92.6. The standard InChI is InChI=1S/C45H39N3O8/c1-4-7-29-20(2)14-16-47(29)31-19-28(36-40(51)43(54)45(56)44(55)41(36)52)24-11-13-26-32(48-17-15-22-8-5-6-9-30(22)48)18-27(23-10-12-25(31)35(24)34(23)26)33-21(3)38(49)37(46)42(53)39(33)50/h4-13,18-19,49-56H,14-17,46H2,1-3H3/b7-4-. The minimum Gasteiger partial charge on any atom is -0.505 e. The third-order valence-electron chi connectivity index (χ3n) is 11.7. The lowest BCUT2D eigenvalue weighted by Gasteiger charge is -2.29. The fourth-order valence-electron chi connectivity index (χ4n) is 8.93. The summed E-state index contributed by atoms with van der Waals surface area (Å²) in [6, 6.07) is 19.6. The maximum absolute atomic E-state index is 11.6. The Balaban J connectivity index is 1.50. The zero-order valence-electron chi connectivity index (χ0n) is 30.8. The van der Waals surface area contributed by atoms with Crippen LogP contribution in [0, 0.1) is 6.92 Å². The topological polar surface area (TPSA) is 194 Å². The fourth-order valence-corrected chi connectivity index (χ4v) is 8.93. The molecule has 0 radical (unpaired) electrons. The molecule has 0 aliphatic carbocycles. The molecule has 9 rings (SSSR count). The number of allylic oxidation sites excluding steroid dienone is 2. The fraction of sp³-hybridized carbons (Fsp3) is 0.156. The van der Waals surface area contributed by atoms with Gasteiger partial charge in [-0.3, -0.25) is 0 Å². The molecule has 0 fully saturated rings. The number of para-hydroxylation sites is 1. The lowest BCUT2D eigenvalue weighted by molar-refractivity contribution is 0.330. The van der Waals surface area contributed by atoms with Crippen LogP contribution in [0.1, 0.15) is 31.4 Å². The van der Waals surface area contributed by atoms with Crippen LogP contribution < -0.4 is 15.5 Å². The van der Waals surface area contributed by atoms with Crippen molar-refractivity contribution >= 4 is 55.1 Å². The normalized spacial score (nSPS) is 14.5. The average molecular weight is 750 g/mol. The summed E-state index contributed by atoms with van der Waals surface area (Å²) >= 11 is 0. The van der Waals surface area contributed by atoms with Crippen LogP contribution >= 0.6 is 0 Å². The molecule has 0 atom stereocenters. The number of rotatable bonds is 5. The first-order valence-electron chi connectivity index (χ1n) is 18.3. The second-order valence-electron chi connectivity index (χ2n) is 14.6. The molecule has 7 aromatic carbocycles. The summed E-state index contributed by atoms with van der Waals surface area (Å²) in [5.41, 5.74) is 12.5. The van der Waals surface area contributed by atoms with Crippen LogP contribution in [0.3, 0.4) is 0 Å². The zero-order chi connectivity index (χ0) is 39.5. The van der Waals surface area contributed by atoms with Crippen molar-refractivity contribution in [2.45, 2.75) is 33.6 Å². The number of hydrogen-bond acceptors (Lipinski definition) is 11. The molecule has 56 heavy (non-hydrogen) atoms. The van der Waals surface area contributed by atoms with Gasteiger partial charge in [0, 0.05) is 68.5 Å². The smallest absolute Gasteiger partial charge is 0.208 e. The van der Waals surface area contributed by atoms with Crippen molar-refractivity contribution in [3.63, 3.8) is 0 Å². The number of hydrogen-bond donors (Lipinski definition) is 9. The van der Waals surface area contributed by atoms with E-state index >= 15 is 0 Å². The monoisotopic (exact) mass is 749 g/mol. The predicted octanol–water partition coefficient (Wildman–Crippen LogP) is 9.21. The lowest BCUT2D eigenvalue weighted by Crippen LogP contribution is -2.18. The van der Waals surface area contributed by atoms with Crippen molar-refractivity contribution in [1.82, 2.24) is 0 Å². The Kier molecular flexibility index (Phi) is 7.53. The van der Waals surface area contributed by atoms with E-state index in [1.54, 1.807) is 13.0 Å². The van der Waals surface area contributed by atoms with Crippen LogP contribution in [0.4, 0.5) is 22.7 Å². The van der Waals surface area contributed by atoms with Crippen LogP contribution in [0.5, 0.6) is 46.0 Å². The van der Waals surface area contributed by atoms with E-state index in [1.807, 2.05) is 61.5 Å². The van der Waals surface area contributed by atoms with Gasteiger partial charge in [-0.2, -0.15) is 0 Å². The second kappa shape index (κ2) is 12.2. The largest absolute Gasteiger partial charge is 0.505 e. The molecule has 0 saturated carbocycles. The molecule has 7 aromatic rings. The summed E-state index contributed by atoms with van der Waals surface area (Å²) in [7, 11) is 0. The molecule has 0 amide bonds. The number of phenolic OH excluding ortho intramolecular Hbond substituents is 8. The number of nitrogens with zero attached hydrogens (tertiary/aromatic N) is 2. The van der Waals surface area contributed by atoms with E-state index in [4.69, 9.17) is 5.73 Å². The number of aromatic hydroxyl groups is 8. The lowest BCUT2D eigenvalue weighted by atomic mass is 9.84. The first-order chi connectivity index (χ1) is 26.8. The number of benzene rings is 7. The zero-order valence-corrected chi connectivity index (χ0v) is 30.8. The first kappa shape index (κ1) is 34.6. The van der Waals surface area contributed by atoms with Gasteiger partial charge in [0.25, 0.3) is 0 Å². The van der Waals surface area contributed by atoms with Crippen molar-refractivity contribution in [2.75, 3.05) is 28.6 Å². The third-order valence-corrected chi connectivity index (χ3v) is 11.7. The highest BCUT2D eigenvalue weighted by molar-refractivity contribution is 6.32. The quantitative estimate of drug-likeness (QED) is 0.0352. The average Bonchev–Trinajstić information content (AvgIpc) is 3.80. The van der Waals surface area contributed by atoms with Crippen molar-refractivity contribution in [2.24, 2.45) is 0 Å². The predicted molar refractivity (Wildman–Crippen MR) is 220 cm³/mol. The molecule has 0 saturated heterocycles. The van der Waals surface area contributed by atoms with E-state index in [1.165, 1.54) is 0 Å². The number of nitrogens with two attached hydrogens (primary N) is 1. The number of fused-ring (bicyclic) bond motifs is 1. The second-order valence-corrected chi connectivity index (χ2v) is 14.6. The van der Waals surface area contributed by atoms with Crippen LogP contribution in [0.25, 0.3) is 54.6 Å². The van der Waals surface area contributed by atoms with Crippen molar-refractivity contribution in [3.8, 4) is 68.2 Å². The molecule has 11 nitrogen and oxygen atoms in total. The SMILES string of the molecule is C/C=C\C1=C(C)CCN1c1cc(-c2c(O)c(O)c(O)c(O)c2O)c2ccc3c(N4CCc5ccccc54)cc(-c4c(C)c(O)c(N)c(O)c4O)c4ccc1c2c43. The number of phenols is 8. The van der Waals surface area contributed by atoms with Gasteiger partial charge in [0.05, 0.1) is 5.56 Å². The van der Waals surface area contributed by atoms with Crippen molar-refractivity contribution in [3.05, 3.63) is 95.2 Å². The van der Waals surface area contributed by atoms with E-state index in [2.05, 4.69) is 28.9 Å². The van der Waals surface area contributed by atoms with Gasteiger partial charge < -0.3 is 56.4 Å². The Hall–Kier alpha value is -7.14. The van der Waals surface area contributed by atoms with Gasteiger partial charge in [0.1, 0.15) is 11.4 Å². The molecule has 0 aromatic heterocycles. The van der Waals surface area contributed by atoms with Gasteiger partial charge in [0.15, 0.2) is 23.0 Å². The molecule has 2 heterocycles. The maximum Gasteiger partial charge on any atom is 0.208 e. The maximum atomic E-state index is 11.6. The number of anilines is 4. The summed E-state index contributed by atoms with van der Waals surface area (Å²) < 4.78 is 0. The van der Waals surface area contributed by atoms with Crippen LogP contribution in [-0.4, -0.2) is 53.9 Å². The Morgan fingerprint density at radius 2 is 1.07 bits per heavy atom. The summed E-state index contributed by atoms with van der Waals surface area (Å²) in [6.07, 6.45) is 5.55. The minimum absolute atomic E-state index is 0.193. The number of nitrogen functional groups attached to an aromatic ring is 1. The highest BCUT2D eigenvalue weighted by Crippen LogP contribution is 2.59. The Bertz CT molecular complexity index is 2860. The Morgan fingerprint density at radius 3 is 1.70 bits per heavy atom. The van der Waals surface area contributed by atoms with Gasteiger partial charge >= 0.3 is 0 Å². The third kappa shape index (κ3) is 4.57. The highest BCUT2D eigenvalue weighted by atomic mass is 16.4. The molecular weight excluding hydrogens is 711 g/mol. The van der Waals surface area contributed by atoms with Crippen molar-refractivity contribution in [1.29, 1.82) is 0 Å². The van der Waals surface area contributed by atoms with Gasteiger partial charge in [-0.25, -0.2) is 0 Å². The van der Waals surface area contributed by atoms with E-state index in [0.717, 1.165) is 62.9 Å². The van der Waals surface area contributed by atoms with Crippen molar-refractivity contribution < 1.29 is 40.9 Å². The van der Waals surface area contributed by atoms with Crippen LogP contribution in [0.2, 0.25) is 0 Å². The van der Waals surface area contributed by atoms with E-state index in [0.29, 0.717) is 34.8 Å². The van der Waals surface area contributed by atoms with Gasteiger partial charge in [-0.1, -0.05) is 48.5 Å². The Labute approximate surface area is 320 Å². The molecule has 2 aliphatic rings. The van der Waals surface area contributed by atoms with Crippen LogP contribution in [-0.2, 0) is 6.42 Å². The Morgan fingerprint density at radius 1 is 0.554 bits per heavy atom. The summed E-state index contributed by atoms with van der Waals surface area (Å²) in [6.45, 7) is 6.91. The minimum atomic E-state index is -1.06. The molecule has 0 unspecified atom stereocenters. The van der Waals surface area contributed by atoms with E-state index in [9.17, 15) is 40.9 Å². The van der Waals surface area contributed by atoms with Gasteiger partial charge in [-0.15, -0.1) is 0 Å². The van der Waals surface area contributed by atoms with Gasteiger partial charge in [0.2, 0.25) is 17.2 Å². The summed E-state index contributed by atoms with van der Waals surface area (Å²) in [4.78, 5) is 4.36.